The summed E-state index contributed by atoms with van der Waals surface area (Å²) in [6, 6.07) is 9.10. The summed E-state index contributed by atoms with van der Waals surface area (Å²) in [6.07, 6.45) is 0. The smallest absolute Gasteiger partial charge is 0.0176 e. The summed E-state index contributed by atoms with van der Waals surface area (Å²) in [7, 11) is 0. The molecule has 1 unspecified atom stereocenters. The van der Waals surface area contributed by atoms with Crippen molar-refractivity contribution in [1.29, 1.82) is 0 Å². The van der Waals surface area contributed by atoms with Gasteiger partial charge in [0.05, 0.1) is 0 Å². The van der Waals surface area contributed by atoms with E-state index in [0.29, 0.717) is 12.0 Å². The third kappa shape index (κ3) is 5.92. The molecule has 1 aromatic carbocycles. The quantitative estimate of drug-likeness (QED) is 0.791. The zero-order valence-corrected chi connectivity index (χ0v) is 12.6. The van der Waals surface area contributed by atoms with Crippen LogP contribution in [0.4, 0.5) is 0 Å². The number of hydrogen-bond donors (Lipinski definition) is 1. The van der Waals surface area contributed by atoms with Gasteiger partial charge in [-0.25, -0.2) is 0 Å². The van der Waals surface area contributed by atoms with Gasteiger partial charge in [-0.3, -0.25) is 0 Å². The van der Waals surface area contributed by atoms with Crippen molar-refractivity contribution in [3.63, 3.8) is 0 Å². The summed E-state index contributed by atoms with van der Waals surface area (Å²) in [4.78, 5) is 1.35. The fraction of sp³-hybridized carbons (Fsp3) is 0.538. The van der Waals surface area contributed by atoms with E-state index in [-0.39, 0.29) is 0 Å². The van der Waals surface area contributed by atoms with Gasteiger partial charge in [0.2, 0.25) is 0 Å². The van der Waals surface area contributed by atoms with E-state index in [1.165, 1.54) is 10.6 Å². The van der Waals surface area contributed by atoms with Crippen molar-refractivity contribution in [3.05, 3.63) is 28.7 Å². The highest BCUT2D eigenvalue weighted by Gasteiger charge is 2.04. The number of benzene rings is 1. The Morgan fingerprint density at radius 1 is 1.19 bits per heavy atom. The maximum absolute atomic E-state index is 3.47. The first-order chi connectivity index (χ1) is 7.58. The van der Waals surface area contributed by atoms with Gasteiger partial charge < -0.3 is 5.32 Å². The van der Waals surface area contributed by atoms with E-state index in [4.69, 9.17) is 0 Å². The third-order valence-corrected chi connectivity index (χ3v) is 4.09. The van der Waals surface area contributed by atoms with Crippen molar-refractivity contribution in [2.45, 2.75) is 31.7 Å². The molecule has 0 aliphatic heterocycles. The molecule has 0 spiro atoms. The fourth-order valence-electron chi connectivity index (χ4n) is 1.27. The number of rotatable bonds is 6. The molecule has 0 heterocycles. The molecule has 0 amide bonds. The Morgan fingerprint density at radius 3 is 2.38 bits per heavy atom. The molecule has 1 nitrogen and oxygen atoms in total. The minimum Gasteiger partial charge on any atom is -0.314 e. The lowest BCUT2D eigenvalue weighted by atomic mass is 10.2. The Bertz CT molecular complexity index is 297. The molecule has 0 aromatic heterocycles. The molecule has 0 fully saturated rings. The maximum atomic E-state index is 3.47. The van der Waals surface area contributed by atoms with Crippen LogP contribution >= 0.6 is 27.7 Å². The van der Waals surface area contributed by atoms with Crippen LogP contribution in [0.1, 0.15) is 20.8 Å². The monoisotopic (exact) mass is 301 g/mol. The highest BCUT2D eigenvalue weighted by molar-refractivity contribution is 9.10. The van der Waals surface area contributed by atoms with Gasteiger partial charge in [-0.05, 0) is 36.7 Å². The number of hydrogen-bond acceptors (Lipinski definition) is 2. The molecular weight excluding hydrogens is 282 g/mol. The van der Waals surface area contributed by atoms with Crippen LogP contribution in [0, 0.1) is 5.92 Å². The molecule has 0 bridgehead atoms. The lowest BCUT2D eigenvalue weighted by Crippen LogP contribution is -2.28. The average molecular weight is 302 g/mol. The lowest BCUT2D eigenvalue weighted by molar-refractivity contribution is 0.510. The molecule has 0 aliphatic carbocycles. The Labute approximate surface area is 112 Å². The van der Waals surface area contributed by atoms with E-state index in [1.807, 2.05) is 11.8 Å². The van der Waals surface area contributed by atoms with Gasteiger partial charge in [0.1, 0.15) is 0 Å². The Hall–Kier alpha value is 0.01000. The van der Waals surface area contributed by atoms with E-state index >= 15 is 0 Å². The zero-order chi connectivity index (χ0) is 12.0. The minimum absolute atomic E-state index is 0.583. The molecular formula is C13H20BrNS. The number of nitrogens with one attached hydrogen (secondary N) is 1. The Balaban J connectivity index is 2.26. The van der Waals surface area contributed by atoms with E-state index in [2.05, 4.69) is 66.3 Å². The predicted octanol–water partition coefficient (Wildman–Crippen LogP) is 4.18. The first-order valence-electron chi connectivity index (χ1n) is 5.69. The second-order valence-corrected chi connectivity index (χ2v) is 6.44. The van der Waals surface area contributed by atoms with Crippen molar-refractivity contribution in [3.8, 4) is 0 Å². The number of halogens is 1. The second kappa shape index (κ2) is 7.36. The van der Waals surface area contributed by atoms with Crippen LogP contribution in [0.25, 0.3) is 0 Å². The molecule has 0 aliphatic rings. The van der Waals surface area contributed by atoms with Crippen LogP contribution in [-0.4, -0.2) is 18.3 Å². The van der Waals surface area contributed by atoms with E-state index in [1.54, 1.807) is 0 Å². The Morgan fingerprint density at radius 2 is 1.81 bits per heavy atom. The molecule has 1 atom stereocenters. The molecule has 0 saturated carbocycles. The minimum atomic E-state index is 0.583. The largest absolute Gasteiger partial charge is 0.314 e. The average Bonchev–Trinajstić information content (AvgIpc) is 2.25. The second-order valence-electron chi connectivity index (χ2n) is 4.43. The van der Waals surface area contributed by atoms with Crippen LogP contribution in [0.3, 0.4) is 0 Å². The number of thioether (sulfide) groups is 1. The van der Waals surface area contributed by atoms with Crippen molar-refractivity contribution >= 4 is 27.7 Å². The zero-order valence-electron chi connectivity index (χ0n) is 10.2. The normalized spacial score (nSPS) is 13.1. The summed E-state index contributed by atoms with van der Waals surface area (Å²) in [6.45, 7) is 7.77. The molecule has 0 saturated heterocycles. The summed E-state index contributed by atoms with van der Waals surface area (Å²) < 4.78 is 1.14. The summed E-state index contributed by atoms with van der Waals surface area (Å²) in [5, 5.41) is 3.47. The van der Waals surface area contributed by atoms with E-state index < -0.39 is 0 Å². The molecule has 3 heteroatoms. The summed E-state index contributed by atoms with van der Waals surface area (Å²) in [5.74, 6) is 1.87. The van der Waals surface area contributed by atoms with Gasteiger partial charge in [-0.15, -0.1) is 11.8 Å². The van der Waals surface area contributed by atoms with Crippen molar-refractivity contribution in [2.75, 3.05) is 12.3 Å². The van der Waals surface area contributed by atoms with Gasteiger partial charge in [0.25, 0.3) is 0 Å². The predicted molar refractivity (Wildman–Crippen MR) is 77.2 cm³/mol. The molecule has 1 aromatic rings. The van der Waals surface area contributed by atoms with Crippen molar-refractivity contribution in [1.82, 2.24) is 5.32 Å². The van der Waals surface area contributed by atoms with Gasteiger partial charge in [0, 0.05) is 21.2 Å². The fourth-order valence-corrected chi connectivity index (χ4v) is 2.45. The van der Waals surface area contributed by atoms with Crippen LogP contribution in [-0.2, 0) is 0 Å². The third-order valence-electron chi connectivity index (χ3n) is 2.22. The highest BCUT2D eigenvalue weighted by atomic mass is 79.9. The van der Waals surface area contributed by atoms with Crippen molar-refractivity contribution < 1.29 is 0 Å². The van der Waals surface area contributed by atoms with Gasteiger partial charge in [-0.1, -0.05) is 36.7 Å². The standard InChI is InChI=1S/C13H20BrNS/c1-10(2)15-8-11(3)9-16-13-6-4-12(14)5-7-13/h4-7,10-11,15H,8-9H2,1-3H3. The summed E-state index contributed by atoms with van der Waals surface area (Å²) in [5.41, 5.74) is 0. The van der Waals surface area contributed by atoms with Crippen LogP contribution < -0.4 is 5.32 Å². The molecule has 16 heavy (non-hydrogen) atoms. The molecule has 1 rings (SSSR count). The van der Waals surface area contributed by atoms with E-state index in [9.17, 15) is 0 Å². The van der Waals surface area contributed by atoms with Gasteiger partial charge >= 0.3 is 0 Å². The Kier molecular flexibility index (Phi) is 6.47. The summed E-state index contributed by atoms with van der Waals surface area (Å²) >= 11 is 5.38. The van der Waals surface area contributed by atoms with Crippen molar-refractivity contribution in [2.24, 2.45) is 5.92 Å². The molecule has 1 N–H and O–H groups in total. The topological polar surface area (TPSA) is 12.0 Å². The lowest BCUT2D eigenvalue weighted by Gasteiger charge is -2.14. The van der Waals surface area contributed by atoms with Crippen LogP contribution in [0.5, 0.6) is 0 Å². The maximum Gasteiger partial charge on any atom is 0.0176 e. The molecule has 90 valence electrons. The van der Waals surface area contributed by atoms with Crippen LogP contribution in [0.15, 0.2) is 33.6 Å². The SMILES string of the molecule is CC(CNC(C)C)CSc1ccc(Br)cc1. The van der Waals surface area contributed by atoms with E-state index in [0.717, 1.165) is 11.0 Å². The first kappa shape index (κ1) is 14.1. The van der Waals surface area contributed by atoms with Gasteiger partial charge in [0.15, 0.2) is 0 Å². The first-order valence-corrected chi connectivity index (χ1v) is 7.47. The molecule has 0 radical (unpaired) electrons. The highest BCUT2D eigenvalue weighted by Crippen LogP contribution is 2.22. The van der Waals surface area contributed by atoms with Crippen LogP contribution in [0.2, 0.25) is 0 Å². The van der Waals surface area contributed by atoms with Gasteiger partial charge in [-0.2, -0.15) is 0 Å².